The first-order valence-electron chi connectivity index (χ1n) is 4.94. The lowest BCUT2D eigenvalue weighted by molar-refractivity contribution is 0.573. The fraction of sp³-hybridized carbons (Fsp3) is 0.200. The van der Waals surface area contributed by atoms with Gasteiger partial charge in [0.25, 0.3) is 0 Å². The number of aromatic nitrogens is 3. The van der Waals surface area contributed by atoms with Crippen molar-refractivity contribution in [2.75, 3.05) is 5.73 Å². The van der Waals surface area contributed by atoms with Crippen LogP contribution in [0.25, 0.3) is 5.69 Å². The van der Waals surface area contributed by atoms with Gasteiger partial charge in [0.2, 0.25) is 4.77 Å². The highest BCUT2D eigenvalue weighted by molar-refractivity contribution is 7.71. The molecular formula is C10H10ClFN4OS. The lowest BCUT2D eigenvalue weighted by Gasteiger charge is -2.05. The van der Waals surface area contributed by atoms with Gasteiger partial charge in [-0.1, -0.05) is 11.6 Å². The third-order valence-electron chi connectivity index (χ3n) is 2.69. The molecular weight excluding hydrogens is 279 g/mol. The Balaban J connectivity index is 2.87. The summed E-state index contributed by atoms with van der Waals surface area (Å²) in [6, 6.07) is 2.34. The molecule has 2 rings (SSSR count). The second kappa shape index (κ2) is 4.25. The van der Waals surface area contributed by atoms with Gasteiger partial charge in [-0.3, -0.25) is 4.68 Å². The van der Waals surface area contributed by atoms with E-state index in [0.717, 1.165) is 10.6 Å². The van der Waals surface area contributed by atoms with E-state index in [4.69, 9.17) is 29.6 Å². The van der Waals surface area contributed by atoms with Crippen molar-refractivity contribution in [1.29, 1.82) is 0 Å². The zero-order valence-corrected chi connectivity index (χ0v) is 11.2. The lowest BCUT2D eigenvalue weighted by Crippen LogP contribution is -2.23. The van der Waals surface area contributed by atoms with Crippen molar-refractivity contribution in [3.05, 3.63) is 38.2 Å². The molecule has 1 aromatic heterocycles. The standard InChI is InChI=1S/C10H10ClFN4OS/c1-14-9(17)16(10(18)15(14)2)8-4-7(13)5(11)3-6(8)12/h3-4H,13H2,1-2H3. The molecule has 0 unspecified atom stereocenters. The molecule has 0 bridgehead atoms. The van der Waals surface area contributed by atoms with E-state index in [-0.39, 0.29) is 21.2 Å². The Morgan fingerprint density at radius 1 is 1.33 bits per heavy atom. The Hall–Kier alpha value is -1.60. The van der Waals surface area contributed by atoms with Crippen molar-refractivity contribution in [2.45, 2.75) is 0 Å². The van der Waals surface area contributed by atoms with Crippen molar-refractivity contribution >= 4 is 29.5 Å². The highest BCUT2D eigenvalue weighted by Crippen LogP contribution is 2.24. The predicted molar refractivity (Wildman–Crippen MR) is 70.2 cm³/mol. The van der Waals surface area contributed by atoms with Crippen LogP contribution in [0.4, 0.5) is 10.1 Å². The molecule has 0 aliphatic heterocycles. The number of halogens is 2. The van der Waals surface area contributed by atoms with Gasteiger partial charge in [-0.25, -0.2) is 18.4 Å². The maximum absolute atomic E-state index is 13.9. The Morgan fingerprint density at radius 3 is 2.44 bits per heavy atom. The van der Waals surface area contributed by atoms with Crippen LogP contribution < -0.4 is 11.4 Å². The maximum atomic E-state index is 13.9. The van der Waals surface area contributed by atoms with Crippen LogP contribution >= 0.6 is 23.8 Å². The molecule has 0 atom stereocenters. The van der Waals surface area contributed by atoms with E-state index >= 15 is 0 Å². The Labute approximate surface area is 112 Å². The van der Waals surface area contributed by atoms with Crippen LogP contribution in [-0.4, -0.2) is 13.9 Å². The zero-order valence-electron chi connectivity index (χ0n) is 9.65. The van der Waals surface area contributed by atoms with Gasteiger partial charge < -0.3 is 5.73 Å². The van der Waals surface area contributed by atoms with Gasteiger partial charge in [-0.2, -0.15) is 0 Å². The van der Waals surface area contributed by atoms with E-state index in [1.807, 2.05) is 0 Å². The van der Waals surface area contributed by atoms with Crippen LogP contribution in [0.3, 0.4) is 0 Å². The quantitative estimate of drug-likeness (QED) is 0.641. The molecule has 0 saturated heterocycles. The second-order valence-corrected chi connectivity index (χ2v) is 4.55. The zero-order chi connectivity index (χ0) is 13.6. The first-order chi connectivity index (χ1) is 8.34. The summed E-state index contributed by atoms with van der Waals surface area (Å²) in [5, 5.41) is 0.0931. The van der Waals surface area contributed by atoms with E-state index in [9.17, 15) is 9.18 Å². The fourth-order valence-corrected chi connectivity index (χ4v) is 2.01. The second-order valence-electron chi connectivity index (χ2n) is 3.77. The van der Waals surface area contributed by atoms with E-state index in [2.05, 4.69) is 0 Å². The number of hydrogen-bond acceptors (Lipinski definition) is 3. The first kappa shape index (κ1) is 12.8. The normalized spacial score (nSPS) is 10.9. The van der Waals surface area contributed by atoms with Gasteiger partial charge in [0.05, 0.1) is 16.4 Å². The third kappa shape index (κ3) is 1.75. The van der Waals surface area contributed by atoms with Crippen molar-refractivity contribution in [2.24, 2.45) is 14.1 Å². The molecule has 96 valence electrons. The van der Waals surface area contributed by atoms with Crippen molar-refractivity contribution in [1.82, 2.24) is 13.9 Å². The summed E-state index contributed by atoms with van der Waals surface area (Å²) in [5.74, 6) is -0.659. The molecule has 0 amide bonds. The summed E-state index contributed by atoms with van der Waals surface area (Å²) in [6.07, 6.45) is 0. The minimum absolute atomic E-state index is 0.0110. The van der Waals surface area contributed by atoms with E-state index in [0.29, 0.717) is 0 Å². The summed E-state index contributed by atoms with van der Waals surface area (Å²) in [6.45, 7) is 0. The minimum Gasteiger partial charge on any atom is -0.397 e. The van der Waals surface area contributed by atoms with Gasteiger partial charge in [0.15, 0.2) is 0 Å². The summed E-state index contributed by atoms with van der Waals surface area (Å²) < 4.78 is 17.8. The molecule has 1 heterocycles. The number of anilines is 1. The van der Waals surface area contributed by atoms with Gasteiger partial charge in [0.1, 0.15) is 5.82 Å². The highest BCUT2D eigenvalue weighted by atomic mass is 35.5. The minimum atomic E-state index is -0.659. The monoisotopic (exact) mass is 288 g/mol. The molecule has 0 radical (unpaired) electrons. The van der Waals surface area contributed by atoms with Crippen LogP contribution in [0.5, 0.6) is 0 Å². The molecule has 0 fully saturated rings. The van der Waals surface area contributed by atoms with E-state index < -0.39 is 11.5 Å². The first-order valence-corrected chi connectivity index (χ1v) is 5.73. The average molecular weight is 289 g/mol. The summed E-state index contributed by atoms with van der Waals surface area (Å²) in [4.78, 5) is 12.0. The molecule has 2 aromatic rings. The van der Waals surface area contributed by atoms with Crippen LogP contribution in [-0.2, 0) is 14.1 Å². The number of nitrogens with two attached hydrogens (primary N) is 1. The van der Waals surface area contributed by atoms with E-state index in [1.54, 1.807) is 7.05 Å². The van der Waals surface area contributed by atoms with Crippen LogP contribution in [0.1, 0.15) is 0 Å². The third-order valence-corrected chi connectivity index (χ3v) is 3.47. The molecule has 8 heteroatoms. The molecule has 18 heavy (non-hydrogen) atoms. The Bertz CT molecular complexity index is 712. The van der Waals surface area contributed by atoms with Crippen molar-refractivity contribution in [3.63, 3.8) is 0 Å². The highest BCUT2D eigenvalue weighted by Gasteiger charge is 2.15. The summed E-state index contributed by atoms with van der Waals surface area (Å²) in [7, 11) is 3.14. The smallest absolute Gasteiger partial charge is 0.349 e. The summed E-state index contributed by atoms with van der Waals surface area (Å²) in [5.41, 5.74) is 5.33. The predicted octanol–water partition coefficient (Wildman–Crippen LogP) is 1.62. The van der Waals surface area contributed by atoms with Crippen LogP contribution in [0, 0.1) is 10.6 Å². The Kier molecular flexibility index (Phi) is 3.04. The van der Waals surface area contributed by atoms with Crippen LogP contribution in [0.15, 0.2) is 16.9 Å². The molecule has 0 saturated carbocycles. The molecule has 0 aliphatic rings. The van der Waals surface area contributed by atoms with Gasteiger partial charge in [0, 0.05) is 14.1 Å². The van der Waals surface area contributed by atoms with Crippen LogP contribution in [0.2, 0.25) is 5.02 Å². The Morgan fingerprint density at radius 2 is 1.94 bits per heavy atom. The molecule has 5 nitrogen and oxygen atoms in total. The summed E-state index contributed by atoms with van der Waals surface area (Å²) >= 11 is 10.8. The molecule has 0 aliphatic carbocycles. The molecule has 1 aromatic carbocycles. The van der Waals surface area contributed by atoms with Gasteiger partial charge in [-0.05, 0) is 24.4 Å². The fourth-order valence-electron chi connectivity index (χ4n) is 1.56. The topological polar surface area (TPSA) is 57.9 Å². The van der Waals surface area contributed by atoms with Gasteiger partial charge >= 0.3 is 5.69 Å². The molecule has 2 N–H and O–H groups in total. The largest absolute Gasteiger partial charge is 0.397 e. The van der Waals surface area contributed by atoms with Gasteiger partial charge in [-0.15, -0.1) is 0 Å². The number of benzene rings is 1. The number of hydrogen-bond donors (Lipinski definition) is 1. The average Bonchev–Trinajstić information content (AvgIpc) is 2.50. The van der Waals surface area contributed by atoms with Crippen molar-refractivity contribution < 1.29 is 4.39 Å². The molecule has 0 spiro atoms. The number of nitrogens with zero attached hydrogens (tertiary/aromatic N) is 3. The number of nitrogen functional groups attached to an aromatic ring is 1. The maximum Gasteiger partial charge on any atom is 0.349 e. The van der Waals surface area contributed by atoms with Crippen molar-refractivity contribution in [3.8, 4) is 5.69 Å². The lowest BCUT2D eigenvalue weighted by atomic mass is 10.2. The van der Waals surface area contributed by atoms with E-state index in [1.165, 1.54) is 22.5 Å². The number of rotatable bonds is 1. The SMILES string of the molecule is Cn1c(=O)n(-c2cc(N)c(Cl)cc2F)c(=S)n1C.